The Morgan fingerprint density at radius 3 is 1.44 bits per heavy atom. The molecule has 8 nitrogen and oxygen atoms in total. The van der Waals surface area contributed by atoms with Gasteiger partial charge in [0.1, 0.15) is 0 Å². The van der Waals surface area contributed by atoms with Gasteiger partial charge in [0.2, 0.25) is 0 Å². The number of hydrogen-bond acceptors (Lipinski definition) is 8. The lowest BCUT2D eigenvalue weighted by molar-refractivity contribution is 0.0967. The topological polar surface area (TPSA) is 96.7 Å². The van der Waals surface area contributed by atoms with Crippen molar-refractivity contribution in [1.82, 2.24) is 20.4 Å². The lowest BCUT2D eigenvalue weighted by Gasteiger charge is -2.44. The highest BCUT2D eigenvalue weighted by Crippen LogP contribution is 2.27. The predicted octanol–water partition coefficient (Wildman–Crippen LogP) is 3.21. The van der Waals surface area contributed by atoms with E-state index in [0.717, 1.165) is 25.9 Å². The summed E-state index contributed by atoms with van der Waals surface area (Å²) in [5.41, 5.74) is 0. The van der Waals surface area contributed by atoms with Crippen LogP contribution in [-0.2, 0) is 9.47 Å². The first kappa shape index (κ1) is 27.4. The largest absolute Gasteiger partial charge is 0.484 e. The zero-order valence-corrected chi connectivity index (χ0v) is 22.1. The molecule has 0 amide bonds. The Morgan fingerprint density at radius 1 is 0.676 bits per heavy atom. The number of hydrogen-bond donors (Lipinski definition) is 4. The highest BCUT2D eigenvalue weighted by Gasteiger charge is 2.35. The van der Waals surface area contributed by atoms with Crippen LogP contribution in [0.1, 0.15) is 78.1 Å². The summed E-state index contributed by atoms with van der Waals surface area (Å²) >= 11 is 0. The van der Waals surface area contributed by atoms with Crippen molar-refractivity contribution in [2.24, 2.45) is 0 Å². The average molecular weight is 479 g/mol. The van der Waals surface area contributed by atoms with Crippen LogP contribution in [0.2, 0.25) is 0 Å². The van der Waals surface area contributed by atoms with E-state index in [-0.39, 0.29) is 0 Å². The maximum atomic E-state index is 8.22. The van der Waals surface area contributed by atoms with Crippen molar-refractivity contribution in [1.29, 1.82) is 10.8 Å². The van der Waals surface area contributed by atoms with E-state index in [2.05, 4.69) is 34.3 Å². The summed E-state index contributed by atoms with van der Waals surface area (Å²) in [5, 5.41) is 24.4. The molecule has 1 heterocycles. The molecule has 3 aliphatic rings. The molecule has 0 spiro atoms. The van der Waals surface area contributed by atoms with Gasteiger partial charge in [0.05, 0.1) is 27.3 Å². The monoisotopic (exact) mass is 478 g/mol. The third-order valence-electron chi connectivity index (χ3n) is 8.28. The van der Waals surface area contributed by atoms with Crippen molar-refractivity contribution in [3.8, 4) is 0 Å². The minimum absolute atomic E-state index is 0.364. The van der Waals surface area contributed by atoms with E-state index in [9.17, 15) is 0 Å². The van der Waals surface area contributed by atoms with Gasteiger partial charge in [-0.15, -0.1) is 0 Å². The third-order valence-corrected chi connectivity index (χ3v) is 8.28. The fourth-order valence-electron chi connectivity index (χ4n) is 6.32. The molecular formula is C26H50N6O2. The van der Waals surface area contributed by atoms with E-state index in [4.69, 9.17) is 20.3 Å². The zero-order chi connectivity index (χ0) is 24.5. The minimum atomic E-state index is 0.364. The molecule has 4 unspecified atom stereocenters. The summed E-state index contributed by atoms with van der Waals surface area (Å²) in [5.74, 6) is 0.727. The van der Waals surface area contributed by atoms with E-state index >= 15 is 0 Å². The quantitative estimate of drug-likeness (QED) is 0.366. The van der Waals surface area contributed by atoms with Crippen LogP contribution in [0.3, 0.4) is 0 Å². The molecule has 3 rings (SSSR count). The van der Waals surface area contributed by atoms with Gasteiger partial charge in [-0.05, 0) is 52.4 Å². The first-order valence-electron chi connectivity index (χ1n) is 13.6. The van der Waals surface area contributed by atoms with Crippen molar-refractivity contribution < 1.29 is 9.47 Å². The van der Waals surface area contributed by atoms with E-state index < -0.39 is 0 Å². The molecule has 34 heavy (non-hydrogen) atoms. The first-order chi connectivity index (χ1) is 16.4. The molecule has 3 fully saturated rings. The van der Waals surface area contributed by atoms with Crippen LogP contribution in [0.15, 0.2) is 0 Å². The van der Waals surface area contributed by atoms with Crippen molar-refractivity contribution in [2.45, 2.75) is 114 Å². The van der Waals surface area contributed by atoms with Crippen LogP contribution in [0.25, 0.3) is 0 Å². The Kier molecular flexibility index (Phi) is 11.1. The van der Waals surface area contributed by atoms with Gasteiger partial charge in [0.15, 0.2) is 11.8 Å². The number of fused-ring (bicyclic) bond motifs is 2. The van der Waals surface area contributed by atoms with E-state index in [1.807, 2.05) is 0 Å². The lowest BCUT2D eigenvalue weighted by Crippen LogP contribution is -2.58. The van der Waals surface area contributed by atoms with Crippen LogP contribution < -0.4 is 10.6 Å². The maximum Gasteiger partial charge on any atom is 0.194 e. The molecular weight excluding hydrogens is 428 g/mol. The number of ether oxygens (including phenoxy) is 2. The Balaban J connectivity index is 1.81. The van der Waals surface area contributed by atoms with E-state index in [1.165, 1.54) is 51.4 Å². The highest BCUT2D eigenvalue weighted by atomic mass is 16.5. The summed E-state index contributed by atoms with van der Waals surface area (Å²) in [7, 11) is 3.24. The van der Waals surface area contributed by atoms with Gasteiger partial charge in [-0.25, -0.2) is 0 Å². The molecule has 0 aromatic rings. The number of rotatable bonds is 4. The van der Waals surface area contributed by atoms with Crippen LogP contribution in [0.4, 0.5) is 0 Å². The predicted molar refractivity (Wildman–Crippen MR) is 139 cm³/mol. The number of nitrogens with one attached hydrogen (secondary N) is 4. The van der Waals surface area contributed by atoms with Crippen LogP contribution in [0, 0.1) is 10.8 Å². The Hall–Kier alpha value is -1.22. The molecule has 0 aromatic carbocycles. The Morgan fingerprint density at radius 2 is 1.06 bits per heavy atom. The summed E-state index contributed by atoms with van der Waals surface area (Å²) in [4.78, 5) is 5.04. The minimum Gasteiger partial charge on any atom is -0.484 e. The second kappa shape index (κ2) is 13.8. The highest BCUT2D eigenvalue weighted by molar-refractivity contribution is 5.75. The van der Waals surface area contributed by atoms with Gasteiger partial charge in [-0.2, -0.15) is 0 Å². The van der Waals surface area contributed by atoms with Crippen molar-refractivity contribution in [2.75, 3.05) is 40.4 Å². The third kappa shape index (κ3) is 7.90. The zero-order valence-electron chi connectivity index (χ0n) is 22.1. The fraction of sp³-hybridized carbons (Fsp3) is 0.923. The van der Waals surface area contributed by atoms with Gasteiger partial charge >= 0.3 is 0 Å². The van der Waals surface area contributed by atoms with Crippen LogP contribution in [0.5, 0.6) is 0 Å². The second-order valence-corrected chi connectivity index (χ2v) is 10.8. The second-order valence-electron chi connectivity index (χ2n) is 10.8. The molecule has 0 bridgehead atoms. The Bertz CT molecular complexity index is 593. The summed E-state index contributed by atoms with van der Waals surface area (Å²) in [6.45, 7) is 7.78. The molecule has 2 aliphatic carbocycles. The van der Waals surface area contributed by atoms with Crippen molar-refractivity contribution >= 4 is 11.8 Å². The van der Waals surface area contributed by atoms with Crippen LogP contribution >= 0.6 is 0 Å². The molecule has 1 aliphatic heterocycles. The number of nitrogens with zero attached hydrogens (tertiary/aromatic N) is 2. The molecule has 6 atom stereocenters. The normalized spacial score (nSPS) is 34.8. The smallest absolute Gasteiger partial charge is 0.194 e. The van der Waals surface area contributed by atoms with Gasteiger partial charge in [-0.3, -0.25) is 20.6 Å². The standard InChI is InChI=1S/C26H50N6O2/c1-19-13-15-31(17-25(27)33-3)24-12-8-6-10-22(24)30-20(2)14-16-32(18-26(28)34-4)23-11-7-5-9-21(23)29-19/h19-24,27-30H,5-18H2,1-4H3/t19-,20+,21?,22?,23?,24?. The van der Waals surface area contributed by atoms with Gasteiger partial charge in [-0.1, -0.05) is 25.7 Å². The molecule has 0 radical (unpaired) electrons. The summed E-state index contributed by atoms with van der Waals surface area (Å²) in [6.07, 6.45) is 12.0. The molecule has 1 saturated heterocycles. The maximum absolute atomic E-state index is 8.22. The van der Waals surface area contributed by atoms with E-state index in [0.29, 0.717) is 61.1 Å². The molecule has 196 valence electrons. The molecule has 4 N–H and O–H groups in total. The van der Waals surface area contributed by atoms with Gasteiger partial charge in [0, 0.05) is 49.3 Å². The fourth-order valence-corrected chi connectivity index (χ4v) is 6.32. The molecule has 0 aromatic heterocycles. The van der Waals surface area contributed by atoms with Crippen LogP contribution in [-0.4, -0.2) is 98.2 Å². The SMILES string of the molecule is COC(=N)CN1CC[C@H](C)NC2CCCCC2N(CC(=N)OC)CC[C@@H](C)NC2CCCCC21. The van der Waals surface area contributed by atoms with Crippen molar-refractivity contribution in [3.05, 3.63) is 0 Å². The molecule has 8 heteroatoms. The van der Waals surface area contributed by atoms with Crippen molar-refractivity contribution in [3.63, 3.8) is 0 Å². The first-order valence-corrected chi connectivity index (χ1v) is 13.6. The summed E-state index contributed by atoms with van der Waals surface area (Å²) < 4.78 is 10.6. The average Bonchev–Trinajstić information content (AvgIpc) is 2.84. The molecule has 2 saturated carbocycles. The summed E-state index contributed by atoms with van der Waals surface area (Å²) in [6, 6.07) is 2.61. The Labute approximate surface area is 207 Å². The lowest BCUT2D eigenvalue weighted by atomic mass is 9.87. The number of methoxy groups -OCH3 is 2. The van der Waals surface area contributed by atoms with E-state index in [1.54, 1.807) is 14.2 Å². The van der Waals surface area contributed by atoms with Gasteiger partial charge < -0.3 is 20.1 Å². The van der Waals surface area contributed by atoms with Gasteiger partial charge in [0.25, 0.3) is 0 Å².